The van der Waals surface area contributed by atoms with Crippen LogP contribution in [0.3, 0.4) is 0 Å². The second kappa shape index (κ2) is 25.8. The quantitative estimate of drug-likeness (QED) is 0.0794. The van der Waals surface area contributed by atoms with Crippen LogP contribution in [0.15, 0.2) is 12.4 Å². The largest absolute Gasteiger partial charge is 0.256 e. The molecule has 1 heterocycles. The Morgan fingerprint density at radius 2 is 0.861 bits per heavy atom. The first-order valence-corrected chi connectivity index (χ1v) is 16.9. The molecule has 0 atom stereocenters. The second-order valence-electron chi connectivity index (χ2n) is 11.6. The third kappa shape index (κ3) is 18.5. The third-order valence-corrected chi connectivity index (χ3v) is 8.10. The highest BCUT2D eigenvalue weighted by Gasteiger charge is 2.16. The van der Waals surface area contributed by atoms with Crippen LogP contribution in [0.4, 0.5) is 0 Å². The highest BCUT2D eigenvalue weighted by Crippen LogP contribution is 2.14. The lowest BCUT2D eigenvalue weighted by Gasteiger charge is -2.07. The van der Waals surface area contributed by atoms with E-state index < -0.39 is 0 Å². The van der Waals surface area contributed by atoms with E-state index in [4.69, 9.17) is 0 Å². The zero-order valence-electron chi connectivity index (χ0n) is 25.3. The summed E-state index contributed by atoms with van der Waals surface area (Å²) in [6.07, 6.45) is 41.5. The molecule has 0 aromatic carbocycles. The number of aryl methyl sites for hydroxylation is 2. The Morgan fingerprint density at radius 1 is 0.472 bits per heavy atom. The van der Waals surface area contributed by atoms with Gasteiger partial charge in [0.05, 0.1) is 13.1 Å². The summed E-state index contributed by atoms with van der Waals surface area (Å²) < 4.78 is 5.21. The van der Waals surface area contributed by atoms with Gasteiger partial charge in [-0.15, -0.1) is 0 Å². The summed E-state index contributed by atoms with van der Waals surface area (Å²) in [6, 6.07) is 0. The van der Waals surface area contributed by atoms with Crippen LogP contribution in [-0.2, 0) is 19.5 Å². The summed E-state index contributed by atoms with van der Waals surface area (Å²) in [5.74, 6) is 1.61. The Kier molecular flexibility index (Phi) is 23.9. The molecule has 212 valence electrons. The second-order valence-corrected chi connectivity index (χ2v) is 11.6. The van der Waals surface area contributed by atoms with Gasteiger partial charge in [0.2, 0.25) is 0 Å². The van der Waals surface area contributed by atoms with Crippen LogP contribution >= 0.6 is 0 Å². The van der Waals surface area contributed by atoms with Crippen molar-refractivity contribution in [2.75, 3.05) is 0 Å². The molecule has 0 N–H and O–H groups in total. The van der Waals surface area contributed by atoms with Gasteiger partial charge in [0.25, 0.3) is 5.82 Å². The van der Waals surface area contributed by atoms with E-state index in [1.807, 2.05) is 0 Å². The van der Waals surface area contributed by atoms with Gasteiger partial charge >= 0.3 is 0 Å². The first kappa shape index (κ1) is 33.2. The van der Waals surface area contributed by atoms with Gasteiger partial charge in [-0.25, -0.2) is 9.13 Å². The molecular weight excluding hydrogens is 436 g/mol. The molecule has 0 saturated heterocycles. The Labute approximate surface area is 228 Å². The van der Waals surface area contributed by atoms with Gasteiger partial charge in [0.15, 0.2) is 0 Å². The molecule has 2 nitrogen and oxygen atoms in total. The Balaban J connectivity index is 2.24. The summed E-state index contributed by atoms with van der Waals surface area (Å²) >= 11 is 0. The zero-order chi connectivity index (χ0) is 25.9. The molecule has 0 aliphatic carbocycles. The van der Waals surface area contributed by atoms with Crippen molar-refractivity contribution in [1.29, 1.82) is 0 Å². The minimum atomic E-state index is 1.23. The molecule has 0 amide bonds. The van der Waals surface area contributed by atoms with Crippen molar-refractivity contribution < 1.29 is 4.57 Å². The highest BCUT2D eigenvalue weighted by molar-refractivity contribution is 4.84. The molecule has 0 bridgehead atoms. The van der Waals surface area contributed by atoms with Crippen LogP contribution in [0.1, 0.15) is 187 Å². The fourth-order valence-electron chi connectivity index (χ4n) is 5.62. The highest BCUT2D eigenvalue weighted by atomic mass is 15.1. The van der Waals surface area contributed by atoms with Gasteiger partial charge in [-0.05, 0) is 32.1 Å². The van der Waals surface area contributed by atoms with Crippen molar-refractivity contribution in [3.63, 3.8) is 0 Å². The number of rotatable bonds is 28. The maximum Gasteiger partial charge on any atom is 0.256 e. The smallest absolute Gasteiger partial charge is 0.234 e. The van der Waals surface area contributed by atoms with Crippen LogP contribution in [0, 0.1) is 0 Å². The number of unbranched alkanes of at least 4 members (excludes halogenated alkanes) is 22. The van der Waals surface area contributed by atoms with E-state index in [-0.39, 0.29) is 0 Å². The van der Waals surface area contributed by atoms with E-state index in [9.17, 15) is 0 Å². The van der Waals surface area contributed by atoms with Gasteiger partial charge in [-0.1, -0.05) is 149 Å². The number of imidazole rings is 1. The van der Waals surface area contributed by atoms with E-state index in [2.05, 4.69) is 42.3 Å². The number of nitrogens with zero attached hydrogens (tertiary/aromatic N) is 2. The molecule has 1 aromatic rings. The maximum atomic E-state index is 2.61. The monoisotopic (exact) mass is 504 g/mol. The Hall–Kier alpha value is -0.790. The molecule has 0 unspecified atom stereocenters. The molecule has 0 radical (unpaired) electrons. The lowest BCUT2D eigenvalue weighted by atomic mass is 10.1. The molecule has 0 spiro atoms. The Bertz CT molecular complexity index is 562. The predicted molar refractivity (Wildman–Crippen MR) is 161 cm³/mol. The summed E-state index contributed by atoms with van der Waals surface area (Å²) in [6.45, 7) is 9.39. The van der Waals surface area contributed by atoms with Crippen molar-refractivity contribution in [2.45, 2.75) is 201 Å². The standard InChI is InChI=1S/C34H67N2/c1-4-7-10-13-15-17-18-19-21-23-25-28-31-36-33-32-35(34(36)29-26-12-9-6-3)30-27-24-22-20-16-14-11-8-5-2/h32-33H,4-31H2,1-3H3/q+1. The number of aromatic nitrogens is 2. The molecule has 1 aromatic heterocycles. The molecule has 0 fully saturated rings. The fraction of sp³-hybridized carbons (Fsp3) is 0.912. The Morgan fingerprint density at radius 3 is 1.33 bits per heavy atom. The van der Waals surface area contributed by atoms with Crippen molar-refractivity contribution in [3.05, 3.63) is 18.2 Å². The van der Waals surface area contributed by atoms with E-state index >= 15 is 0 Å². The van der Waals surface area contributed by atoms with E-state index in [1.54, 1.807) is 5.82 Å². The molecule has 0 aliphatic rings. The average molecular weight is 504 g/mol. The van der Waals surface area contributed by atoms with Gasteiger partial charge in [0.1, 0.15) is 12.4 Å². The zero-order valence-corrected chi connectivity index (χ0v) is 25.3. The van der Waals surface area contributed by atoms with Crippen LogP contribution in [0.25, 0.3) is 0 Å². The molecule has 2 heteroatoms. The lowest BCUT2D eigenvalue weighted by molar-refractivity contribution is -0.704. The van der Waals surface area contributed by atoms with Crippen LogP contribution in [-0.4, -0.2) is 4.57 Å². The predicted octanol–water partition coefficient (Wildman–Crippen LogP) is 11.1. The molecule has 0 saturated carbocycles. The normalized spacial score (nSPS) is 11.5. The van der Waals surface area contributed by atoms with Crippen molar-refractivity contribution >= 4 is 0 Å². The molecule has 1 rings (SSSR count). The summed E-state index contributed by atoms with van der Waals surface area (Å²) in [7, 11) is 0. The summed E-state index contributed by atoms with van der Waals surface area (Å²) in [5.41, 5.74) is 0. The van der Waals surface area contributed by atoms with Crippen LogP contribution in [0.2, 0.25) is 0 Å². The maximum absolute atomic E-state index is 2.61. The van der Waals surface area contributed by atoms with Gasteiger partial charge < -0.3 is 0 Å². The average Bonchev–Trinajstić information content (AvgIpc) is 3.27. The minimum Gasteiger partial charge on any atom is -0.234 e. The van der Waals surface area contributed by atoms with Crippen LogP contribution < -0.4 is 4.57 Å². The van der Waals surface area contributed by atoms with Gasteiger partial charge in [-0.3, -0.25) is 0 Å². The molecule has 0 aliphatic heterocycles. The van der Waals surface area contributed by atoms with Crippen LogP contribution in [0.5, 0.6) is 0 Å². The fourth-order valence-corrected chi connectivity index (χ4v) is 5.62. The van der Waals surface area contributed by atoms with E-state index in [0.717, 1.165) is 0 Å². The van der Waals surface area contributed by atoms with Gasteiger partial charge in [0, 0.05) is 6.42 Å². The SMILES string of the molecule is CCCCCCCCCCCCCCn1cc[n+](CCCCCCCCCCC)c1CCCCCC. The minimum absolute atomic E-state index is 1.23. The van der Waals surface area contributed by atoms with Crippen molar-refractivity contribution in [1.82, 2.24) is 4.57 Å². The lowest BCUT2D eigenvalue weighted by Crippen LogP contribution is -2.37. The first-order valence-electron chi connectivity index (χ1n) is 16.9. The summed E-state index contributed by atoms with van der Waals surface area (Å²) in [5, 5.41) is 0. The topological polar surface area (TPSA) is 8.81 Å². The van der Waals surface area contributed by atoms with E-state index in [0.29, 0.717) is 0 Å². The number of hydrogen-bond acceptors (Lipinski definition) is 0. The first-order chi connectivity index (χ1) is 17.8. The third-order valence-electron chi connectivity index (χ3n) is 8.10. The molecule has 36 heavy (non-hydrogen) atoms. The van der Waals surface area contributed by atoms with Gasteiger partial charge in [-0.2, -0.15) is 0 Å². The molecular formula is C34H67N2+. The van der Waals surface area contributed by atoms with Crippen molar-refractivity contribution in [2.24, 2.45) is 0 Å². The van der Waals surface area contributed by atoms with E-state index in [1.165, 1.54) is 180 Å². The summed E-state index contributed by atoms with van der Waals surface area (Å²) in [4.78, 5) is 0. The number of hydrogen-bond donors (Lipinski definition) is 0. The van der Waals surface area contributed by atoms with Crippen molar-refractivity contribution in [3.8, 4) is 0 Å².